The smallest absolute Gasteiger partial charge is 0.413 e. The molecule has 1 atom stereocenters. The topological polar surface area (TPSA) is 102 Å². The molecule has 0 spiro atoms. The van der Waals surface area contributed by atoms with Gasteiger partial charge in [0, 0.05) is 11.1 Å². The van der Waals surface area contributed by atoms with Gasteiger partial charge in [-0.1, -0.05) is 11.6 Å². The summed E-state index contributed by atoms with van der Waals surface area (Å²) in [6, 6.07) is 5.43. The van der Waals surface area contributed by atoms with Gasteiger partial charge in [-0.2, -0.15) is 0 Å². The molecular weight excluding hydrogens is 472 g/mol. The highest BCUT2D eigenvalue weighted by atomic mass is 35.5. The lowest BCUT2D eigenvalue weighted by atomic mass is 9.95. The van der Waals surface area contributed by atoms with E-state index in [4.69, 9.17) is 21.1 Å². The van der Waals surface area contributed by atoms with Crippen LogP contribution in [0.1, 0.15) is 17.0 Å². The molecule has 0 aliphatic carbocycles. The number of fused-ring (bicyclic) bond motifs is 3. The third-order valence-electron chi connectivity index (χ3n) is 5.93. The Hall–Kier alpha value is -3.99. The Balaban J connectivity index is 1.61. The van der Waals surface area contributed by atoms with Crippen LogP contribution in [0.15, 0.2) is 36.8 Å². The highest BCUT2D eigenvalue weighted by molar-refractivity contribution is 6.33. The maximum Gasteiger partial charge on any atom is 0.413 e. The van der Waals surface area contributed by atoms with Gasteiger partial charge in [-0.15, -0.1) is 10.2 Å². The van der Waals surface area contributed by atoms with E-state index in [2.05, 4.69) is 15.2 Å². The SMILES string of the molecule is O=C(O)N1Cc2c(F)ccc3c2[C@@H](CO3)COc2cc(-c3ncc(F)cc3Cl)c3nncn3c21. The third-order valence-corrected chi connectivity index (χ3v) is 6.21. The Bertz CT molecular complexity index is 1490. The number of amides is 1. The van der Waals surface area contributed by atoms with Crippen LogP contribution in [0.25, 0.3) is 16.9 Å². The summed E-state index contributed by atoms with van der Waals surface area (Å²) in [6.45, 7) is 0.0750. The normalized spacial score (nSPS) is 16.7. The zero-order chi connectivity index (χ0) is 23.6. The number of pyridine rings is 2. The first kappa shape index (κ1) is 20.6. The van der Waals surface area contributed by atoms with E-state index >= 15 is 0 Å². The molecule has 1 amide bonds. The Morgan fingerprint density at radius 2 is 1.97 bits per heavy atom. The van der Waals surface area contributed by atoms with Gasteiger partial charge in [0.25, 0.3) is 0 Å². The molecule has 0 unspecified atom stereocenters. The van der Waals surface area contributed by atoms with Crippen molar-refractivity contribution in [2.75, 3.05) is 18.1 Å². The summed E-state index contributed by atoms with van der Waals surface area (Å²) in [5.74, 6) is -0.712. The molecule has 12 heteroatoms. The second kappa shape index (κ2) is 7.52. The van der Waals surface area contributed by atoms with Gasteiger partial charge in [0.15, 0.2) is 17.2 Å². The molecule has 9 nitrogen and oxygen atoms in total. The average molecular weight is 486 g/mol. The van der Waals surface area contributed by atoms with Crippen molar-refractivity contribution in [1.82, 2.24) is 19.6 Å². The fraction of sp³-hybridized carbons (Fsp3) is 0.182. The molecule has 34 heavy (non-hydrogen) atoms. The van der Waals surface area contributed by atoms with Crippen molar-refractivity contribution in [2.45, 2.75) is 12.5 Å². The molecule has 172 valence electrons. The van der Waals surface area contributed by atoms with E-state index in [9.17, 15) is 18.7 Å². The lowest BCUT2D eigenvalue weighted by Crippen LogP contribution is -2.31. The number of carbonyl (C=O) groups is 1. The van der Waals surface area contributed by atoms with Gasteiger partial charge in [0.1, 0.15) is 23.7 Å². The first-order valence-corrected chi connectivity index (χ1v) is 10.6. The van der Waals surface area contributed by atoms with Crippen LogP contribution in [0.2, 0.25) is 5.02 Å². The van der Waals surface area contributed by atoms with E-state index in [1.165, 1.54) is 28.9 Å². The van der Waals surface area contributed by atoms with Crippen LogP contribution >= 0.6 is 11.6 Å². The zero-order valence-electron chi connectivity index (χ0n) is 17.2. The van der Waals surface area contributed by atoms with Gasteiger partial charge in [-0.3, -0.25) is 14.3 Å². The summed E-state index contributed by atoms with van der Waals surface area (Å²) in [5, 5.41) is 18.1. The minimum atomic E-state index is -1.33. The van der Waals surface area contributed by atoms with Gasteiger partial charge in [-0.25, -0.2) is 13.6 Å². The largest absolute Gasteiger partial charge is 0.493 e. The number of anilines is 1. The second-order valence-electron chi connectivity index (χ2n) is 7.88. The monoisotopic (exact) mass is 485 g/mol. The van der Waals surface area contributed by atoms with E-state index in [0.29, 0.717) is 16.9 Å². The highest BCUT2D eigenvalue weighted by Crippen LogP contribution is 2.44. The summed E-state index contributed by atoms with van der Waals surface area (Å²) in [4.78, 5) is 17.4. The number of hydrogen-bond acceptors (Lipinski definition) is 6. The number of rotatable bonds is 1. The Labute approximate surface area is 195 Å². The molecule has 4 aromatic rings. The van der Waals surface area contributed by atoms with Crippen LogP contribution in [-0.4, -0.2) is 44.0 Å². The number of hydrogen-bond donors (Lipinski definition) is 1. The van der Waals surface area contributed by atoms with Crippen molar-refractivity contribution >= 4 is 29.2 Å². The summed E-state index contributed by atoms with van der Waals surface area (Å²) in [7, 11) is 0. The van der Waals surface area contributed by atoms with Crippen molar-refractivity contribution in [1.29, 1.82) is 0 Å². The van der Waals surface area contributed by atoms with Crippen LogP contribution in [0, 0.1) is 11.6 Å². The first-order chi connectivity index (χ1) is 16.4. The fourth-order valence-electron chi connectivity index (χ4n) is 4.45. The minimum absolute atomic E-state index is 0.0336. The van der Waals surface area contributed by atoms with E-state index in [-0.39, 0.29) is 59.2 Å². The van der Waals surface area contributed by atoms with Crippen LogP contribution in [-0.2, 0) is 6.54 Å². The predicted molar refractivity (Wildman–Crippen MR) is 116 cm³/mol. The van der Waals surface area contributed by atoms with Crippen LogP contribution < -0.4 is 14.4 Å². The summed E-state index contributed by atoms with van der Waals surface area (Å²) >= 11 is 6.25. The maximum atomic E-state index is 14.9. The molecule has 1 aromatic carbocycles. The minimum Gasteiger partial charge on any atom is -0.493 e. The number of benzene rings is 1. The Morgan fingerprint density at radius 1 is 1.18 bits per heavy atom. The molecule has 1 N–H and O–H groups in total. The molecular formula is C22H14ClF2N5O4. The molecule has 6 rings (SSSR count). The lowest BCUT2D eigenvalue weighted by molar-refractivity contribution is 0.200. The zero-order valence-corrected chi connectivity index (χ0v) is 18.0. The molecule has 3 aromatic heterocycles. The van der Waals surface area contributed by atoms with Crippen molar-refractivity contribution < 1.29 is 28.2 Å². The van der Waals surface area contributed by atoms with Crippen molar-refractivity contribution in [3.8, 4) is 22.8 Å². The summed E-state index contributed by atoms with van der Waals surface area (Å²) in [6.07, 6.45) is 0.989. The highest BCUT2D eigenvalue weighted by Gasteiger charge is 2.35. The predicted octanol–water partition coefficient (Wildman–Crippen LogP) is 4.28. The van der Waals surface area contributed by atoms with Gasteiger partial charge in [0.05, 0.1) is 48.2 Å². The maximum absolute atomic E-state index is 14.9. The van der Waals surface area contributed by atoms with Crippen LogP contribution in [0.5, 0.6) is 11.5 Å². The van der Waals surface area contributed by atoms with Gasteiger partial charge in [0.2, 0.25) is 0 Å². The summed E-state index contributed by atoms with van der Waals surface area (Å²) in [5.41, 5.74) is 1.60. The second-order valence-corrected chi connectivity index (χ2v) is 8.29. The van der Waals surface area contributed by atoms with Gasteiger partial charge >= 0.3 is 6.09 Å². The summed E-state index contributed by atoms with van der Waals surface area (Å²) < 4.78 is 41.7. The Kier molecular flexibility index (Phi) is 4.56. The molecule has 0 fully saturated rings. The lowest BCUT2D eigenvalue weighted by Gasteiger charge is -2.23. The fourth-order valence-corrected chi connectivity index (χ4v) is 4.70. The quantitative estimate of drug-likeness (QED) is 0.429. The average Bonchev–Trinajstić information content (AvgIpc) is 3.45. The third kappa shape index (κ3) is 3.04. The van der Waals surface area contributed by atoms with E-state index in [1.807, 2.05) is 0 Å². The van der Waals surface area contributed by atoms with Crippen molar-refractivity contribution in [2.24, 2.45) is 0 Å². The molecule has 2 aliphatic rings. The molecule has 0 saturated carbocycles. The van der Waals surface area contributed by atoms with Crippen molar-refractivity contribution in [3.05, 3.63) is 64.6 Å². The van der Waals surface area contributed by atoms with Crippen LogP contribution in [0.4, 0.5) is 19.4 Å². The molecule has 2 aliphatic heterocycles. The number of ether oxygens (including phenoxy) is 2. The number of carboxylic acid groups (broad SMARTS) is 1. The standard InChI is InChI=1S/C22H14ClF2N5O4/c23-14-3-11(24)5-26-19(14)12-4-17-21(30-9-27-28-20(12)30)29(22(31)32)6-13-15(25)1-2-16-18(13)10(7-33-16)8-34-17/h1-5,9-10H,6-8H2,(H,31,32)/t10-/m0/s1. The van der Waals surface area contributed by atoms with Gasteiger partial charge in [-0.05, 0) is 24.3 Å². The van der Waals surface area contributed by atoms with E-state index < -0.39 is 17.7 Å². The Morgan fingerprint density at radius 3 is 2.74 bits per heavy atom. The van der Waals surface area contributed by atoms with E-state index in [0.717, 1.165) is 17.2 Å². The number of nitrogens with zero attached hydrogens (tertiary/aromatic N) is 5. The first-order valence-electron chi connectivity index (χ1n) is 10.2. The molecule has 0 saturated heterocycles. The number of aromatic nitrogens is 4. The van der Waals surface area contributed by atoms with Crippen LogP contribution in [0.3, 0.4) is 0 Å². The van der Waals surface area contributed by atoms with E-state index in [1.54, 1.807) is 0 Å². The van der Waals surface area contributed by atoms with Gasteiger partial charge < -0.3 is 14.6 Å². The molecule has 0 bridgehead atoms. The van der Waals surface area contributed by atoms with Crippen molar-refractivity contribution in [3.63, 3.8) is 0 Å². The number of halogens is 3. The molecule has 0 radical (unpaired) electrons. The molecule has 5 heterocycles.